The zero-order chi connectivity index (χ0) is 28.1. The van der Waals surface area contributed by atoms with Crippen LogP contribution in [-0.4, -0.2) is 29.0 Å². The highest BCUT2D eigenvalue weighted by Crippen LogP contribution is 2.43. The molecule has 0 saturated carbocycles. The van der Waals surface area contributed by atoms with Gasteiger partial charge in [-0.2, -0.15) is 4.67 Å². The second-order valence-electron chi connectivity index (χ2n) is 12.3. The summed E-state index contributed by atoms with van der Waals surface area (Å²) in [6.07, 6.45) is 0. The molecule has 206 valence electrons. The first-order chi connectivity index (χ1) is 18.6. The van der Waals surface area contributed by atoms with E-state index in [1.165, 1.54) is 48.7 Å². The Morgan fingerprint density at radius 2 is 1.31 bits per heavy atom. The van der Waals surface area contributed by atoms with Crippen LogP contribution in [0.2, 0.25) is 31.7 Å². The van der Waals surface area contributed by atoms with Crippen LogP contribution >= 0.6 is 8.16 Å². The topological polar surface area (TPSA) is 29.5 Å². The fourth-order valence-corrected chi connectivity index (χ4v) is 11.0. The third-order valence-electron chi connectivity index (χ3n) is 8.62. The normalized spacial score (nSPS) is 14.0. The maximum atomic E-state index is 7.29. The van der Waals surface area contributed by atoms with Crippen LogP contribution in [0.25, 0.3) is 43.5 Å². The number of rotatable bonds is 7. The highest BCUT2D eigenvalue weighted by Gasteiger charge is 2.30. The summed E-state index contributed by atoms with van der Waals surface area (Å²) in [7, 11) is -4.41. The largest absolute Gasteiger partial charge is 0.408 e. The Balaban J connectivity index is 2.21. The van der Waals surface area contributed by atoms with Gasteiger partial charge in [-0.3, -0.25) is 0 Å². The number of nitrogens with zero attached hydrogens (tertiary/aromatic N) is 1. The summed E-state index contributed by atoms with van der Waals surface area (Å²) in [5.41, 5.74) is 2.14. The number of fused-ring (bicyclic) bond motifs is 7. The van der Waals surface area contributed by atoms with Gasteiger partial charge >= 0.3 is 8.16 Å². The second-order valence-corrected chi connectivity index (χ2v) is 21.8. The van der Waals surface area contributed by atoms with E-state index in [0.717, 1.165) is 17.2 Å². The monoisotopic (exact) mass is 573 g/mol. The zero-order valence-electron chi connectivity index (χ0n) is 25.1. The third-order valence-corrected chi connectivity index (χ3v) is 16.9. The molecule has 5 aromatic rings. The lowest BCUT2D eigenvalue weighted by Gasteiger charge is -2.27. The van der Waals surface area contributed by atoms with Crippen LogP contribution < -0.4 is 15.0 Å². The molecule has 3 nitrogen and oxygen atoms in total. The van der Waals surface area contributed by atoms with Crippen LogP contribution in [0.3, 0.4) is 0 Å². The van der Waals surface area contributed by atoms with Gasteiger partial charge in [-0.25, -0.2) is 0 Å². The Hall–Kier alpha value is -2.31. The van der Waals surface area contributed by atoms with E-state index in [1.54, 1.807) is 0 Å². The van der Waals surface area contributed by atoms with Crippen molar-refractivity contribution in [1.29, 1.82) is 0 Å². The molecule has 1 unspecified atom stereocenters. The first-order valence-electron chi connectivity index (χ1n) is 14.7. The Bertz CT molecular complexity index is 1700. The first kappa shape index (κ1) is 28.2. The van der Waals surface area contributed by atoms with Crippen molar-refractivity contribution < 1.29 is 8.39 Å². The van der Waals surface area contributed by atoms with E-state index in [9.17, 15) is 0 Å². The summed E-state index contributed by atoms with van der Waals surface area (Å²) < 4.78 is 17.0. The molecule has 39 heavy (non-hydrogen) atoms. The maximum Gasteiger partial charge on any atom is 0.310 e. The van der Waals surface area contributed by atoms with Crippen molar-refractivity contribution in [3.63, 3.8) is 0 Å². The van der Waals surface area contributed by atoms with E-state index in [4.69, 9.17) is 8.39 Å². The molecule has 5 rings (SSSR count). The molecule has 2 atom stereocenters. The number of hydrogen-bond acceptors (Lipinski definition) is 3. The standard InChI is InChI=1S/C33H44NO2PSi2/c1-10-38(7)28-20-24-16-12-14-18-26(24)30-31-27-19-15-13-17-25(27)21-29(39(8,9)11-2)33(31)36-37(35-32(28)30)34(22(3)4)23(5)6/h12-23,38H,10-11H2,1-9H3/t37?,38-/m1/s1. The van der Waals surface area contributed by atoms with Crippen LogP contribution in [0.4, 0.5) is 0 Å². The van der Waals surface area contributed by atoms with Gasteiger partial charge in [0.25, 0.3) is 0 Å². The predicted molar refractivity (Wildman–Crippen MR) is 181 cm³/mol. The molecular weight excluding hydrogens is 530 g/mol. The van der Waals surface area contributed by atoms with Crippen molar-refractivity contribution in [2.75, 3.05) is 4.67 Å². The van der Waals surface area contributed by atoms with Gasteiger partial charge in [0.15, 0.2) is 0 Å². The fraction of sp³-hybridized carbons (Fsp3) is 0.394. The smallest absolute Gasteiger partial charge is 0.310 e. The molecule has 4 aromatic carbocycles. The molecule has 6 heteroatoms. The summed E-state index contributed by atoms with van der Waals surface area (Å²) in [6.45, 7) is 21.2. The molecule has 0 N–H and O–H groups in total. The third kappa shape index (κ3) is 4.93. The lowest BCUT2D eigenvalue weighted by atomic mass is 9.98. The van der Waals surface area contributed by atoms with Crippen LogP contribution in [0, 0.1) is 0 Å². The molecule has 0 saturated heterocycles. The minimum atomic E-state index is -1.80. The number of hydrogen-bond donors (Lipinski definition) is 0. The molecule has 0 aliphatic heterocycles. The molecule has 0 fully saturated rings. The van der Waals surface area contributed by atoms with E-state index >= 15 is 0 Å². The van der Waals surface area contributed by atoms with E-state index < -0.39 is 25.0 Å². The van der Waals surface area contributed by atoms with Crippen LogP contribution in [0.15, 0.2) is 69.1 Å². The average molecular weight is 574 g/mol. The van der Waals surface area contributed by atoms with Crippen molar-refractivity contribution in [3.05, 3.63) is 60.7 Å². The lowest BCUT2D eigenvalue weighted by molar-refractivity contribution is 0.571. The Kier molecular flexibility index (Phi) is 7.91. The van der Waals surface area contributed by atoms with Crippen LogP contribution in [0.1, 0.15) is 41.5 Å². The van der Waals surface area contributed by atoms with Crippen molar-refractivity contribution >= 4 is 78.9 Å². The Morgan fingerprint density at radius 3 is 1.85 bits per heavy atom. The molecule has 0 spiro atoms. The predicted octanol–water partition coefficient (Wildman–Crippen LogP) is 9.37. The quantitative estimate of drug-likeness (QED) is 0.182. The summed E-state index contributed by atoms with van der Waals surface area (Å²) in [5, 5.41) is 10.4. The van der Waals surface area contributed by atoms with Gasteiger partial charge in [-0.1, -0.05) is 106 Å². The SMILES string of the molecule is CC[Si@@H](C)c1cc2ccccc2c2c1op(N(C(C)C)C(C)C)oc1c([Si](C)(C)CC)cc3ccccc3c12. The maximum absolute atomic E-state index is 7.29. The average Bonchev–Trinajstić information content (AvgIpc) is 3.09. The van der Waals surface area contributed by atoms with Gasteiger partial charge in [0.05, 0.1) is 16.9 Å². The zero-order valence-corrected chi connectivity index (χ0v) is 28.2. The minimum absolute atomic E-state index is 0.297. The summed E-state index contributed by atoms with van der Waals surface area (Å²) >= 11 is 0. The first-order valence-corrected chi connectivity index (χ1v) is 21.5. The van der Waals surface area contributed by atoms with E-state index in [-0.39, 0.29) is 0 Å². The minimum Gasteiger partial charge on any atom is -0.408 e. The van der Waals surface area contributed by atoms with Crippen molar-refractivity contribution in [2.24, 2.45) is 0 Å². The van der Waals surface area contributed by atoms with Gasteiger partial charge in [0, 0.05) is 22.9 Å². The van der Waals surface area contributed by atoms with Gasteiger partial charge in [0.2, 0.25) is 0 Å². The van der Waals surface area contributed by atoms with Crippen LogP contribution in [-0.2, 0) is 0 Å². The summed E-state index contributed by atoms with van der Waals surface area (Å²) in [4.78, 5) is 0. The Labute approximate surface area is 237 Å². The lowest BCUT2D eigenvalue weighted by Crippen LogP contribution is -2.41. The molecule has 1 aromatic heterocycles. The van der Waals surface area contributed by atoms with Crippen molar-refractivity contribution in [2.45, 2.75) is 85.4 Å². The molecule has 0 radical (unpaired) electrons. The van der Waals surface area contributed by atoms with Gasteiger partial charge < -0.3 is 8.39 Å². The van der Waals surface area contributed by atoms with Crippen LogP contribution in [0.5, 0.6) is 0 Å². The highest BCUT2D eigenvalue weighted by atomic mass is 31.1. The van der Waals surface area contributed by atoms with E-state index in [2.05, 4.69) is 127 Å². The van der Waals surface area contributed by atoms with Gasteiger partial charge in [-0.15, -0.1) is 0 Å². The molecular formula is C33H44NO2PSi2. The molecule has 0 amide bonds. The van der Waals surface area contributed by atoms with E-state index in [0.29, 0.717) is 12.1 Å². The summed E-state index contributed by atoms with van der Waals surface area (Å²) in [6, 6.07) is 25.6. The van der Waals surface area contributed by atoms with E-state index in [1.807, 2.05) is 0 Å². The van der Waals surface area contributed by atoms with Crippen molar-refractivity contribution in [1.82, 2.24) is 0 Å². The van der Waals surface area contributed by atoms with Gasteiger partial charge in [0.1, 0.15) is 11.2 Å². The Morgan fingerprint density at radius 1 is 0.795 bits per heavy atom. The summed E-state index contributed by atoms with van der Waals surface area (Å²) in [5.74, 6) is 0. The highest BCUT2D eigenvalue weighted by molar-refractivity contribution is 7.39. The van der Waals surface area contributed by atoms with Gasteiger partial charge in [-0.05, 0) is 59.6 Å². The molecule has 0 aliphatic carbocycles. The molecule has 0 bridgehead atoms. The number of benzene rings is 4. The fourth-order valence-electron chi connectivity index (χ4n) is 5.89. The molecule has 0 aliphatic rings. The van der Waals surface area contributed by atoms with Crippen molar-refractivity contribution in [3.8, 4) is 0 Å². The molecule has 1 heterocycles. The second kappa shape index (κ2) is 10.9.